The van der Waals surface area contributed by atoms with Crippen molar-refractivity contribution in [1.82, 2.24) is 9.78 Å². The molecule has 1 heterocycles. The highest BCUT2D eigenvalue weighted by atomic mass is 16.1. The van der Waals surface area contributed by atoms with Crippen molar-refractivity contribution in [2.75, 3.05) is 5.32 Å². The van der Waals surface area contributed by atoms with E-state index in [0.717, 1.165) is 22.0 Å². The number of nitrogens with one attached hydrogen (secondary N) is 1. The average Bonchev–Trinajstić information content (AvgIpc) is 3.23. The Morgan fingerprint density at radius 1 is 0.931 bits per heavy atom. The molecule has 0 aliphatic heterocycles. The van der Waals surface area contributed by atoms with E-state index in [-0.39, 0.29) is 11.6 Å². The maximum Gasteiger partial charge on any atom is 0.269 e. The molecule has 0 saturated carbocycles. The molecule has 0 spiro atoms. The Labute approximate surface area is 167 Å². The van der Waals surface area contributed by atoms with E-state index >= 15 is 0 Å². The number of fused-ring (bicyclic) bond motifs is 1. The fraction of sp³-hybridized carbons (Fsp3) is 0. The van der Waals surface area contributed by atoms with E-state index in [0.29, 0.717) is 5.69 Å². The summed E-state index contributed by atoms with van der Waals surface area (Å²) < 4.78 is 1.55. The molecule has 0 aliphatic carbocycles. The molecule has 0 bridgehead atoms. The Morgan fingerprint density at radius 2 is 1.69 bits per heavy atom. The van der Waals surface area contributed by atoms with Crippen LogP contribution in [0.2, 0.25) is 0 Å². The number of benzene rings is 3. The lowest BCUT2D eigenvalue weighted by molar-refractivity contribution is -0.111. The van der Waals surface area contributed by atoms with Crippen molar-refractivity contribution in [3.05, 3.63) is 96.3 Å². The first-order valence-corrected chi connectivity index (χ1v) is 9.03. The monoisotopic (exact) mass is 382 g/mol. The van der Waals surface area contributed by atoms with Gasteiger partial charge in [0.2, 0.25) is 5.91 Å². The van der Waals surface area contributed by atoms with Gasteiger partial charge >= 0.3 is 0 Å². The summed E-state index contributed by atoms with van der Waals surface area (Å²) in [5.74, 6) is -0.800. The first-order chi connectivity index (χ1) is 14.1. The van der Waals surface area contributed by atoms with E-state index in [2.05, 4.69) is 10.4 Å². The van der Waals surface area contributed by atoms with Crippen LogP contribution in [0.15, 0.2) is 85.1 Å². The topological polar surface area (TPSA) is 90.0 Å². The normalized spacial score (nSPS) is 11.0. The summed E-state index contributed by atoms with van der Waals surface area (Å²) in [6, 6.07) is 22.7. The molecule has 0 saturated heterocycles. The number of carbonyl (C=O) groups is 2. The van der Waals surface area contributed by atoms with E-state index in [1.807, 2.05) is 42.5 Å². The third-order valence-electron chi connectivity index (χ3n) is 4.48. The Kier molecular flexibility index (Phi) is 4.90. The number of hydrogen-bond donors (Lipinski definition) is 2. The highest BCUT2D eigenvalue weighted by Gasteiger charge is 2.06. The van der Waals surface area contributed by atoms with E-state index in [9.17, 15) is 9.59 Å². The van der Waals surface area contributed by atoms with Crippen LogP contribution in [0.1, 0.15) is 16.1 Å². The van der Waals surface area contributed by atoms with Gasteiger partial charge in [-0.25, -0.2) is 4.68 Å². The maximum absolute atomic E-state index is 12.3. The van der Waals surface area contributed by atoms with Gasteiger partial charge < -0.3 is 11.1 Å². The minimum absolute atomic E-state index is 0.195. The predicted molar refractivity (Wildman–Crippen MR) is 114 cm³/mol. The highest BCUT2D eigenvalue weighted by Crippen LogP contribution is 2.20. The van der Waals surface area contributed by atoms with Crippen LogP contribution in [0.25, 0.3) is 22.5 Å². The lowest BCUT2D eigenvalue weighted by Gasteiger charge is -2.05. The fourth-order valence-electron chi connectivity index (χ4n) is 3.04. The number of primary amides is 1. The number of carbonyl (C=O) groups excluding carboxylic acids is 2. The molecule has 6 heteroatoms. The van der Waals surface area contributed by atoms with Gasteiger partial charge in [-0.15, -0.1) is 0 Å². The molecule has 142 valence electrons. The van der Waals surface area contributed by atoms with Gasteiger partial charge in [-0.1, -0.05) is 42.5 Å². The summed E-state index contributed by atoms with van der Waals surface area (Å²) in [6.07, 6.45) is 4.98. The van der Waals surface area contributed by atoms with Gasteiger partial charge in [0, 0.05) is 18.0 Å². The zero-order chi connectivity index (χ0) is 20.2. The second-order valence-electron chi connectivity index (χ2n) is 6.45. The van der Waals surface area contributed by atoms with Crippen molar-refractivity contribution < 1.29 is 9.59 Å². The number of amides is 2. The summed E-state index contributed by atoms with van der Waals surface area (Å²) in [4.78, 5) is 23.4. The van der Waals surface area contributed by atoms with Crippen molar-refractivity contribution in [3.8, 4) is 5.69 Å². The Morgan fingerprint density at radius 3 is 2.45 bits per heavy atom. The summed E-state index contributed by atoms with van der Waals surface area (Å²) >= 11 is 0. The molecule has 0 radical (unpaired) electrons. The Balaban J connectivity index is 1.45. The maximum atomic E-state index is 12.3. The first-order valence-electron chi connectivity index (χ1n) is 9.03. The number of nitrogens with zero attached hydrogens (tertiary/aromatic N) is 2. The van der Waals surface area contributed by atoms with Gasteiger partial charge in [0.1, 0.15) is 5.69 Å². The van der Waals surface area contributed by atoms with Crippen molar-refractivity contribution >= 4 is 34.4 Å². The Hall–Kier alpha value is -4.19. The van der Waals surface area contributed by atoms with Gasteiger partial charge in [-0.2, -0.15) is 5.10 Å². The molecule has 4 aromatic rings. The van der Waals surface area contributed by atoms with Gasteiger partial charge in [-0.3, -0.25) is 9.59 Å². The molecule has 29 heavy (non-hydrogen) atoms. The molecular formula is C23H18N4O2. The smallest absolute Gasteiger partial charge is 0.269 e. The van der Waals surface area contributed by atoms with Crippen molar-refractivity contribution in [1.29, 1.82) is 0 Å². The summed E-state index contributed by atoms with van der Waals surface area (Å²) in [7, 11) is 0. The van der Waals surface area contributed by atoms with E-state index in [1.54, 1.807) is 47.3 Å². The Bertz CT molecular complexity index is 1220. The van der Waals surface area contributed by atoms with Crippen LogP contribution in [-0.2, 0) is 4.79 Å². The van der Waals surface area contributed by atoms with Gasteiger partial charge in [0.15, 0.2) is 0 Å². The van der Waals surface area contributed by atoms with Crippen molar-refractivity contribution in [2.24, 2.45) is 5.73 Å². The van der Waals surface area contributed by atoms with Gasteiger partial charge in [0.25, 0.3) is 5.91 Å². The van der Waals surface area contributed by atoms with Crippen LogP contribution in [0.3, 0.4) is 0 Å². The number of rotatable bonds is 5. The third-order valence-corrected chi connectivity index (χ3v) is 4.48. The van der Waals surface area contributed by atoms with Crippen LogP contribution < -0.4 is 11.1 Å². The third kappa shape index (κ3) is 4.06. The molecule has 0 fully saturated rings. The molecule has 3 aromatic carbocycles. The largest absolute Gasteiger partial charge is 0.364 e. The van der Waals surface area contributed by atoms with E-state index < -0.39 is 5.91 Å². The van der Waals surface area contributed by atoms with Crippen LogP contribution in [0.4, 0.5) is 5.69 Å². The predicted octanol–water partition coefficient (Wildman–Crippen LogP) is 3.78. The van der Waals surface area contributed by atoms with Crippen LogP contribution in [0.5, 0.6) is 0 Å². The number of nitrogens with two attached hydrogens (primary N) is 1. The number of hydrogen-bond acceptors (Lipinski definition) is 3. The van der Waals surface area contributed by atoms with Gasteiger partial charge in [0.05, 0.1) is 5.69 Å². The molecule has 6 nitrogen and oxygen atoms in total. The zero-order valence-electron chi connectivity index (χ0n) is 15.4. The summed E-state index contributed by atoms with van der Waals surface area (Å²) in [6.45, 7) is 0. The molecule has 1 aromatic heterocycles. The van der Waals surface area contributed by atoms with Crippen LogP contribution in [0, 0.1) is 0 Å². The second-order valence-corrected chi connectivity index (χ2v) is 6.45. The second kappa shape index (κ2) is 7.82. The van der Waals surface area contributed by atoms with Crippen LogP contribution >= 0.6 is 0 Å². The van der Waals surface area contributed by atoms with Gasteiger partial charge in [-0.05, 0) is 52.7 Å². The molecule has 0 aliphatic rings. The standard InChI is InChI=1S/C23H18N4O2/c24-23(29)21-14-15-27(26-21)19-11-9-18(10-12-19)25-22(28)13-8-17-6-3-5-16-4-1-2-7-20(16)17/h1-15H,(H2,24,29)(H,25,28)/b13-8+. The molecule has 0 atom stereocenters. The zero-order valence-corrected chi connectivity index (χ0v) is 15.4. The van der Waals surface area contributed by atoms with Crippen molar-refractivity contribution in [2.45, 2.75) is 0 Å². The minimum atomic E-state index is -0.578. The average molecular weight is 382 g/mol. The SMILES string of the molecule is NC(=O)c1ccn(-c2ccc(NC(=O)/C=C/c3cccc4ccccc34)cc2)n1. The molecule has 4 rings (SSSR count). The quantitative estimate of drug-likeness (QED) is 0.515. The van der Waals surface area contributed by atoms with E-state index in [1.165, 1.54) is 6.08 Å². The summed E-state index contributed by atoms with van der Waals surface area (Å²) in [5.41, 5.74) is 7.80. The summed E-state index contributed by atoms with van der Waals surface area (Å²) in [5, 5.41) is 9.16. The molecule has 2 amide bonds. The lowest BCUT2D eigenvalue weighted by atomic mass is 10.0. The number of anilines is 1. The van der Waals surface area contributed by atoms with Crippen LogP contribution in [-0.4, -0.2) is 21.6 Å². The van der Waals surface area contributed by atoms with E-state index in [4.69, 9.17) is 5.73 Å². The highest BCUT2D eigenvalue weighted by molar-refractivity contribution is 6.03. The lowest BCUT2D eigenvalue weighted by Crippen LogP contribution is -2.12. The minimum Gasteiger partial charge on any atom is -0.364 e. The molecule has 0 unspecified atom stereocenters. The fourth-order valence-corrected chi connectivity index (χ4v) is 3.04. The first kappa shape index (κ1) is 18.2. The number of aromatic nitrogens is 2. The van der Waals surface area contributed by atoms with Crippen molar-refractivity contribution in [3.63, 3.8) is 0 Å². The molecule has 3 N–H and O–H groups in total. The molecular weight excluding hydrogens is 364 g/mol.